The van der Waals surface area contributed by atoms with E-state index in [1.165, 1.54) is 6.07 Å². The number of carbonyl (C=O) groups excluding carboxylic acids is 1. The molecule has 1 atom stereocenters. The van der Waals surface area contributed by atoms with Gasteiger partial charge in [-0.1, -0.05) is 6.92 Å². The molecule has 3 heterocycles. The van der Waals surface area contributed by atoms with Crippen molar-refractivity contribution in [2.75, 3.05) is 27.4 Å². The van der Waals surface area contributed by atoms with E-state index in [9.17, 15) is 13.6 Å². The Bertz CT molecular complexity index is 1480. The highest BCUT2D eigenvalue weighted by molar-refractivity contribution is 6.03. The molecule has 37 heavy (non-hydrogen) atoms. The van der Waals surface area contributed by atoms with Gasteiger partial charge in [0.15, 0.2) is 0 Å². The molecule has 4 aromatic rings. The second kappa shape index (κ2) is 9.81. The average Bonchev–Trinajstić information content (AvgIpc) is 3.47. The summed E-state index contributed by atoms with van der Waals surface area (Å²) >= 11 is 0. The van der Waals surface area contributed by atoms with Crippen molar-refractivity contribution in [3.8, 4) is 33.9 Å². The Morgan fingerprint density at radius 3 is 2.65 bits per heavy atom. The van der Waals surface area contributed by atoms with Crippen LogP contribution in [0.25, 0.3) is 33.3 Å². The van der Waals surface area contributed by atoms with Crippen molar-refractivity contribution < 1.29 is 27.8 Å². The van der Waals surface area contributed by atoms with Crippen LogP contribution < -0.4 is 14.8 Å². The molecule has 1 aliphatic heterocycles. The summed E-state index contributed by atoms with van der Waals surface area (Å²) in [6, 6.07) is 7.15. The van der Waals surface area contributed by atoms with E-state index in [1.807, 2.05) is 31.3 Å². The minimum absolute atomic E-state index is 0.0877. The Hall–Kier alpha value is -3.99. The van der Waals surface area contributed by atoms with Crippen molar-refractivity contribution in [3.05, 3.63) is 47.8 Å². The number of nitrogens with zero attached hydrogens (tertiary/aromatic N) is 4. The van der Waals surface area contributed by atoms with Crippen LogP contribution in [0.5, 0.6) is 11.5 Å². The first kappa shape index (κ1) is 24.7. The molecule has 9 nitrogen and oxygen atoms in total. The Morgan fingerprint density at radius 2 is 1.92 bits per heavy atom. The van der Waals surface area contributed by atoms with Crippen LogP contribution in [0.4, 0.5) is 8.78 Å². The van der Waals surface area contributed by atoms with Crippen molar-refractivity contribution in [3.63, 3.8) is 0 Å². The van der Waals surface area contributed by atoms with Gasteiger partial charge in [0.1, 0.15) is 11.5 Å². The summed E-state index contributed by atoms with van der Waals surface area (Å²) in [5.41, 5.74) is 4.46. The monoisotopic (exact) mass is 511 g/mol. The number of alkyl halides is 2. The standard InChI is InChI=1S/C26H27F2N5O4/c1-14-11-29-25(34)22-18(14)7-16(10-21(22)37-26(27)28)24-23-19(31-32(24)2)8-15(9-20(23)36-4)17-12-30-33(13-17)5-6-35-3/h7-10,12-14,26H,5-6,11H2,1-4H3,(H,29,34)/t14-/m0/s1. The van der Waals surface area contributed by atoms with Gasteiger partial charge in [0.25, 0.3) is 5.91 Å². The van der Waals surface area contributed by atoms with Crippen LogP contribution in [0.1, 0.15) is 28.8 Å². The van der Waals surface area contributed by atoms with E-state index in [4.69, 9.17) is 19.3 Å². The Labute approximate surface area is 211 Å². The minimum atomic E-state index is -3.07. The number of fused-ring (bicyclic) bond motifs is 2. The lowest BCUT2D eigenvalue weighted by atomic mass is 9.88. The van der Waals surface area contributed by atoms with Gasteiger partial charge in [-0.2, -0.15) is 19.0 Å². The Morgan fingerprint density at radius 1 is 1.14 bits per heavy atom. The molecule has 194 valence electrons. The van der Waals surface area contributed by atoms with Gasteiger partial charge in [-0.3, -0.25) is 14.2 Å². The van der Waals surface area contributed by atoms with Gasteiger partial charge in [-0.15, -0.1) is 0 Å². The molecule has 1 amide bonds. The number of amides is 1. The summed E-state index contributed by atoms with van der Waals surface area (Å²) < 4.78 is 45.8. The van der Waals surface area contributed by atoms with Crippen molar-refractivity contribution in [1.82, 2.24) is 24.9 Å². The highest BCUT2D eigenvalue weighted by Gasteiger charge is 2.30. The maximum atomic E-state index is 13.3. The summed E-state index contributed by atoms with van der Waals surface area (Å²) in [4.78, 5) is 12.6. The lowest BCUT2D eigenvalue weighted by molar-refractivity contribution is -0.0502. The molecule has 1 aliphatic rings. The van der Waals surface area contributed by atoms with Crippen LogP contribution in [0.15, 0.2) is 36.7 Å². The minimum Gasteiger partial charge on any atom is -0.496 e. The topological polar surface area (TPSA) is 92.4 Å². The highest BCUT2D eigenvalue weighted by Crippen LogP contribution is 2.42. The summed E-state index contributed by atoms with van der Waals surface area (Å²) in [6.07, 6.45) is 3.69. The molecule has 0 bridgehead atoms. The molecule has 0 saturated carbocycles. The number of ether oxygens (including phenoxy) is 3. The zero-order chi connectivity index (χ0) is 26.3. The second-order valence-electron chi connectivity index (χ2n) is 8.96. The molecule has 0 saturated heterocycles. The third-order valence-corrected chi connectivity index (χ3v) is 6.56. The fourth-order valence-electron chi connectivity index (χ4n) is 4.81. The van der Waals surface area contributed by atoms with E-state index in [-0.39, 0.29) is 17.2 Å². The smallest absolute Gasteiger partial charge is 0.387 e. The summed E-state index contributed by atoms with van der Waals surface area (Å²) in [6.45, 7) is 0.428. The van der Waals surface area contributed by atoms with Gasteiger partial charge in [-0.25, -0.2) is 0 Å². The lowest BCUT2D eigenvalue weighted by Crippen LogP contribution is -2.34. The zero-order valence-electron chi connectivity index (χ0n) is 20.9. The number of carbonyl (C=O) groups is 1. The molecule has 0 radical (unpaired) electrons. The molecule has 2 aromatic heterocycles. The predicted octanol–water partition coefficient (Wildman–Crippen LogP) is 4.21. The first-order chi connectivity index (χ1) is 17.8. The quantitative estimate of drug-likeness (QED) is 0.381. The molecule has 11 heteroatoms. The van der Waals surface area contributed by atoms with E-state index < -0.39 is 12.5 Å². The molecular formula is C26H27F2N5O4. The molecule has 5 rings (SSSR count). The van der Waals surface area contributed by atoms with Gasteiger partial charge in [0, 0.05) is 38.0 Å². The van der Waals surface area contributed by atoms with Gasteiger partial charge in [0.2, 0.25) is 0 Å². The van der Waals surface area contributed by atoms with Gasteiger partial charge in [-0.05, 0) is 41.3 Å². The number of hydrogen-bond donors (Lipinski definition) is 1. The van der Waals surface area contributed by atoms with E-state index in [0.29, 0.717) is 47.8 Å². The van der Waals surface area contributed by atoms with Crippen molar-refractivity contribution in [2.45, 2.75) is 26.0 Å². The Balaban J connectivity index is 1.67. The first-order valence-corrected chi connectivity index (χ1v) is 11.8. The number of hydrogen-bond acceptors (Lipinski definition) is 6. The lowest BCUT2D eigenvalue weighted by Gasteiger charge is -2.25. The van der Waals surface area contributed by atoms with E-state index >= 15 is 0 Å². The van der Waals surface area contributed by atoms with Crippen molar-refractivity contribution in [1.29, 1.82) is 0 Å². The third-order valence-electron chi connectivity index (χ3n) is 6.56. The number of benzene rings is 2. The number of halogens is 2. The fraction of sp³-hybridized carbons (Fsp3) is 0.346. The Kier molecular flexibility index (Phi) is 6.55. The molecule has 1 N–H and O–H groups in total. The van der Waals surface area contributed by atoms with Crippen LogP contribution in [0.3, 0.4) is 0 Å². The third kappa shape index (κ3) is 4.50. The van der Waals surface area contributed by atoms with E-state index in [0.717, 1.165) is 16.5 Å². The largest absolute Gasteiger partial charge is 0.496 e. The van der Waals surface area contributed by atoms with Crippen molar-refractivity contribution >= 4 is 16.8 Å². The molecule has 2 aromatic carbocycles. The van der Waals surface area contributed by atoms with Crippen molar-refractivity contribution in [2.24, 2.45) is 7.05 Å². The molecular weight excluding hydrogens is 484 g/mol. The fourth-order valence-corrected chi connectivity index (χ4v) is 4.81. The van der Waals surface area contributed by atoms with Crippen LogP contribution in [0, 0.1) is 0 Å². The number of nitrogens with one attached hydrogen (secondary N) is 1. The predicted molar refractivity (Wildman–Crippen MR) is 133 cm³/mol. The number of aryl methyl sites for hydroxylation is 1. The average molecular weight is 512 g/mol. The highest BCUT2D eigenvalue weighted by atomic mass is 19.3. The molecule has 0 spiro atoms. The van der Waals surface area contributed by atoms with Crippen LogP contribution >= 0.6 is 0 Å². The zero-order valence-corrected chi connectivity index (χ0v) is 20.9. The van der Waals surface area contributed by atoms with Gasteiger partial charge in [0.05, 0.1) is 48.6 Å². The molecule has 0 fully saturated rings. The van der Waals surface area contributed by atoms with Crippen LogP contribution in [-0.4, -0.2) is 59.5 Å². The number of rotatable bonds is 8. The van der Waals surface area contributed by atoms with E-state index in [1.54, 1.807) is 36.8 Å². The van der Waals surface area contributed by atoms with Crippen LogP contribution in [0.2, 0.25) is 0 Å². The van der Waals surface area contributed by atoms with Gasteiger partial charge >= 0.3 is 6.61 Å². The number of methoxy groups -OCH3 is 2. The SMILES string of the molecule is COCCn1cc(-c2cc(OC)c3c(-c4cc(OC(F)F)c5c(c4)[C@@H](C)CNC5=O)n(C)nc3c2)cn1. The summed E-state index contributed by atoms with van der Waals surface area (Å²) in [5, 5.41) is 12.5. The number of aromatic nitrogens is 4. The summed E-state index contributed by atoms with van der Waals surface area (Å²) in [7, 11) is 4.99. The van der Waals surface area contributed by atoms with Gasteiger partial charge < -0.3 is 19.5 Å². The maximum Gasteiger partial charge on any atom is 0.387 e. The summed E-state index contributed by atoms with van der Waals surface area (Å²) in [5.74, 6) is -0.117. The molecule has 0 unspecified atom stereocenters. The first-order valence-electron chi connectivity index (χ1n) is 11.8. The maximum absolute atomic E-state index is 13.3. The van der Waals surface area contributed by atoms with E-state index in [2.05, 4.69) is 10.4 Å². The van der Waals surface area contributed by atoms with Crippen LogP contribution in [-0.2, 0) is 18.3 Å². The second-order valence-corrected chi connectivity index (χ2v) is 8.96. The molecule has 0 aliphatic carbocycles. The normalized spacial score (nSPS) is 15.2.